The third kappa shape index (κ3) is 5.45. The summed E-state index contributed by atoms with van der Waals surface area (Å²) in [5.74, 6) is 0.874. The minimum atomic E-state index is 0.0156. The van der Waals surface area contributed by atoms with Crippen molar-refractivity contribution in [1.29, 1.82) is 0 Å². The summed E-state index contributed by atoms with van der Waals surface area (Å²) in [5.41, 5.74) is 4.29. The molecule has 3 nitrogen and oxygen atoms in total. The Morgan fingerprint density at radius 2 is 1.52 bits per heavy atom. The fourth-order valence-corrected chi connectivity index (χ4v) is 3.08. The molecule has 0 heterocycles. The molecule has 0 radical (unpaired) electrons. The molecule has 0 spiro atoms. The molecule has 0 fully saturated rings. The molecule has 0 unspecified atom stereocenters. The quantitative estimate of drug-likeness (QED) is 0.597. The third-order valence-corrected chi connectivity index (χ3v) is 4.42. The molecule has 3 aromatic rings. The van der Waals surface area contributed by atoms with Gasteiger partial charge in [0, 0.05) is 12.1 Å². The van der Waals surface area contributed by atoms with Crippen LogP contribution in [-0.2, 0) is 17.6 Å². The maximum absolute atomic E-state index is 12.5. The van der Waals surface area contributed by atoms with Gasteiger partial charge in [0.25, 0.3) is 0 Å². The van der Waals surface area contributed by atoms with E-state index in [1.807, 2.05) is 67.6 Å². The first-order valence-corrected chi connectivity index (χ1v) is 9.38. The van der Waals surface area contributed by atoms with Crippen molar-refractivity contribution in [2.75, 3.05) is 11.9 Å². The lowest BCUT2D eigenvalue weighted by molar-refractivity contribution is -0.116. The molecule has 0 saturated carbocycles. The van der Waals surface area contributed by atoms with Crippen LogP contribution in [0.5, 0.6) is 5.75 Å². The van der Waals surface area contributed by atoms with Crippen molar-refractivity contribution >= 4 is 11.6 Å². The smallest absolute Gasteiger partial charge is 0.224 e. The van der Waals surface area contributed by atoms with E-state index in [1.54, 1.807) is 0 Å². The average Bonchev–Trinajstić information content (AvgIpc) is 2.70. The summed E-state index contributed by atoms with van der Waals surface area (Å²) >= 11 is 0. The Hall–Kier alpha value is -3.07. The second-order valence-corrected chi connectivity index (χ2v) is 6.41. The highest BCUT2D eigenvalue weighted by Gasteiger charge is 2.09. The fourth-order valence-electron chi connectivity index (χ4n) is 3.08. The molecule has 1 N–H and O–H groups in total. The van der Waals surface area contributed by atoms with Crippen LogP contribution >= 0.6 is 0 Å². The summed E-state index contributed by atoms with van der Waals surface area (Å²) in [6, 6.07) is 26.2. The van der Waals surface area contributed by atoms with Crippen LogP contribution in [0.1, 0.15) is 30.0 Å². The number of anilines is 1. The van der Waals surface area contributed by atoms with Crippen LogP contribution in [-0.4, -0.2) is 12.5 Å². The summed E-state index contributed by atoms with van der Waals surface area (Å²) in [5, 5.41) is 3.07. The first kappa shape index (κ1) is 18.7. The zero-order chi connectivity index (χ0) is 18.9. The Bertz CT molecular complexity index is 874. The summed E-state index contributed by atoms with van der Waals surface area (Å²) in [7, 11) is 0. The number of benzene rings is 3. The summed E-state index contributed by atoms with van der Waals surface area (Å²) < 4.78 is 5.64. The number of rotatable bonds is 8. The highest BCUT2D eigenvalue weighted by molar-refractivity contribution is 5.91. The average molecular weight is 359 g/mol. The van der Waals surface area contributed by atoms with Gasteiger partial charge in [0.15, 0.2) is 0 Å². The molecule has 0 aliphatic heterocycles. The van der Waals surface area contributed by atoms with E-state index in [0.717, 1.165) is 29.0 Å². The Morgan fingerprint density at radius 1 is 0.852 bits per heavy atom. The van der Waals surface area contributed by atoms with Crippen molar-refractivity contribution in [3.63, 3.8) is 0 Å². The van der Waals surface area contributed by atoms with Crippen LogP contribution in [0.2, 0.25) is 0 Å². The summed E-state index contributed by atoms with van der Waals surface area (Å²) in [6.45, 7) is 2.59. The molecule has 0 aromatic heterocycles. The van der Waals surface area contributed by atoms with E-state index in [-0.39, 0.29) is 5.91 Å². The molecule has 0 bridgehead atoms. The molecule has 0 saturated heterocycles. The van der Waals surface area contributed by atoms with Gasteiger partial charge in [-0.15, -0.1) is 0 Å². The monoisotopic (exact) mass is 359 g/mol. The fraction of sp³-hybridized carbons (Fsp3) is 0.208. The molecular formula is C24H25NO2. The molecular weight excluding hydrogens is 334 g/mol. The maximum Gasteiger partial charge on any atom is 0.224 e. The van der Waals surface area contributed by atoms with Crippen LogP contribution in [0.4, 0.5) is 5.69 Å². The van der Waals surface area contributed by atoms with E-state index >= 15 is 0 Å². The molecule has 1 amide bonds. The minimum Gasteiger partial charge on any atom is -0.494 e. The Kier molecular flexibility index (Phi) is 6.64. The van der Waals surface area contributed by atoms with Gasteiger partial charge in [-0.3, -0.25) is 4.79 Å². The van der Waals surface area contributed by atoms with Crippen LogP contribution in [0.15, 0.2) is 78.9 Å². The van der Waals surface area contributed by atoms with Crippen molar-refractivity contribution in [1.82, 2.24) is 0 Å². The molecule has 3 heteroatoms. The van der Waals surface area contributed by atoms with Gasteiger partial charge in [-0.1, -0.05) is 66.7 Å². The lowest BCUT2D eigenvalue weighted by Gasteiger charge is -2.12. The Balaban J connectivity index is 1.63. The van der Waals surface area contributed by atoms with Crippen LogP contribution in [0.3, 0.4) is 0 Å². The zero-order valence-electron chi connectivity index (χ0n) is 15.7. The van der Waals surface area contributed by atoms with E-state index in [2.05, 4.69) is 23.5 Å². The first-order valence-electron chi connectivity index (χ1n) is 9.38. The highest BCUT2D eigenvalue weighted by atomic mass is 16.5. The van der Waals surface area contributed by atoms with Gasteiger partial charge in [-0.05, 0) is 48.6 Å². The van der Waals surface area contributed by atoms with Crippen LogP contribution < -0.4 is 10.1 Å². The van der Waals surface area contributed by atoms with E-state index in [0.29, 0.717) is 19.4 Å². The van der Waals surface area contributed by atoms with Gasteiger partial charge in [0.1, 0.15) is 5.75 Å². The van der Waals surface area contributed by atoms with Crippen molar-refractivity contribution in [2.24, 2.45) is 0 Å². The lowest BCUT2D eigenvalue weighted by atomic mass is 10.0. The normalized spacial score (nSPS) is 10.4. The Labute approximate surface area is 161 Å². The van der Waals surface area contributed by atoms with Crippen molar-refractivity contribution in [3.05, 3.63) is 95.6 Å². The topological polar surface area (TPSA) is 38.3 Å². The second-order valence-electron chi connectivity index (χ2n) is 6.41. The standard InChI is InChI=1S/C24H25NO2/c1-2-27-23-15-9-7-12-20(23)16-17-24(26)25-22-14-8-6-13-21(22)18-19-10-4-3-5-11-19/h3-15H,2,16-18H2,1H3,(H,25,26). The van der Waals surface area contributed by atoms with Gasteiger partial charge < -0.3 is 10.1 Å². The number of carbonyl (C=O) groups is 1. The van der Waals surface area contributed by atoms with Gasteiger partial charge in [-0.25, -0.2) is 0 Å². The number of aryl methyl sites for hydroxylation is 1. The molecule has 0 aliphatic carbocycles. The number of ether oxygens (including phenoxy) is 1. The van der Waals surface area contributed by atoms with Gasteiger partial charge in [0.05, 0.1) is 6.61 Å². The van der Waals surface area contributed by atoms with Crippen LogP contribution in [0.25, 0.3) is 0 Å². The summed E-state index contributed by atoms with van der Waals surface area (Å²) in [6.07, 6.45) is 1.87. The van der Waals surface area contributed by atoms with Gasteiger partial charge >= 0.3 is 0 Å². The molecule has 0 aliphatic rings. The number of hydrogen-bond donors (Lipinski definition) is 1. The number of amides is 1. The van der Waals surface area contributed by atoms with Gasteiger partial charge in [-0.2, -0.15) is 0 Å². The molecule has 0 atom stereocenters. The largest absolute Gasteiger partial charge is 0.494 e. The van der Waals surface area contributed by atoms with Crippen LogP contribution in [0, 0.1) is 0 Å². The van der Waals surface area contributed by atoms with Crippen molar-refractivity contribution in [2.45, 2.75) is 26.2 Å². The first-order chi connectivity index (χ1) is 13.3. The summed E-state index contributed by atoms with van der Waals surface area (Å²) in [4.78, 5) is 12.5. The lowest BCUT2D eigenvalue weighted by Crippen LogP contribution is -2.14. The predicted octanol–water partition coefficient (Wildman–Crippen LogP) is 5.25. The highest BCUT2D eigenvalue weighted by Crippen LogP contribution is 2.22. The zero-order valence-corrected chi connectivity index (χ0v) is 15.7. The van der Waals surface area contributed by atoms with E-state index in [1.165, 1.54) is 5.56 Å². The van der Waals surface area contributed by atoms with E-state index in [4.69, 9.17) is 4.74 Å². The van der Waals surface area contributed by atoms with Crippen molar-refractivity contribution in [3.8, 4) is 5.75 Å². The van der Waals surface area contributed by atoms with Gasteiger partial charge in [0.2, 0.25) is 5.91 Å². The molecule has 3 rings (SSSR count). The molecule has 3 aromatic carbocycles. The number of nitrogens with one attached hydrogen (secondary N) is 1. The predicted molar refractivity (Wildman–Crippen MR) is 110 cm³/mol. The third-order valence-electron chi connectivity index (χ3n) is 4.42. The van der Waals surface area contributed by atoms with Crippen molar-refractivity contribution < 1.29 is 9.53 Å². The Morgan fingerprint density at radius 3 is 2.30 bits per heavy atom. The SMILES string of the molecule is CCOc1ccccc1CCC(=O)Nc1ccccc1Cc1ccccc1. The number of para-hydroxylation sites is 2. The maximum atomic E-state index is 12.5. The molecule has 138 valence electrons. The number of hydrogen-bond acceptors (Lipinski definition) is 2. The van der Waals surface area contributed by atoms with E-state index in [9.17, 15) is 4.79 Å². The molecule has 27 heavy (non-hydrogen) atoms. The van der Waals surface area contributed by atoms with E-state index < -0.39 is 0 Å². The minimum absolute atomic E-state index is 0.0156. The second kappa shape index (κ2) is 9.58. The number of carbonyl (C=O) groups excluding carboxylic acids is 1.